The van der Waals surface area contributed by atoms with Crippen LogP contribution in [0.5, 0.6) is 0 Å². The Balaban J connectivity index is 3.14. The summed E-state index contributed by atoms with van der Waals surface area (Å²) in [4.78, 5) is 9.86. The lowest BCUT2D eigenvalue weighted by atomic mass is 10.4. The van der Waals surface area contributed by atoms with Crippen LogP contribution < -0.4 is 0 Å². The van der Waals surface area contributed by atoms with Gasteiger partial charge in [0, 0.05) is 0 Å². The van der Waals surface area contributed by atoms with E-state index >= 15 is 0 Å². The third-order valence-corrected chi connectivity index (χ3v) is 1.04. The Morgan fingerprint density at radius 3 is 2.82 bits per heavy atom. The van der Waals surface area contributed by atoms with Crippen molar-refractivity contribution in [1.29, 1.82) is 0 Å². The average Bonchev–Trinajstić information content (AvgIpc) is 2.01. The molecule has 0 aliphatic heterocycles. The molecule has 0 saturated heterocycles. The molecule has 0 aromatic rings. The largest absolute Gasteiger partial charge is 0.375 e. The van der Waals surface area contributed by atoms with E-state index in [1.807, 2.05) is 6.92 Å². The van der Waals surface area contributed by atoms with E-state index in [0.29, 0.717) is 13.2 Å². The number of carbonyl (C=O) groups is 1. The molecule has 0 aromatic heterocycles. The summed E-state index contributed by atoms with van der Waals surface area (Å²) in [6.45, 7) is 6.51. The van der Waals surface area contributed by atoms with E-state index in [-0.39, 0.29) is 12.7 Å². The normalized spacial score (nSPS) is 12.5. The molecule has 0 aliphatic rings. The lowest BCUT2D eigenvalue weighted by Gasteiger charge is -2.09. The van der Waals surface area contributed by atoms with Crippen LogP contribution in [0.15, 0.2) is 12.7 Å². The summed E-state index contributed by atoms with van der Waals surface area (Å²) in [6, 6.07) is 0. The molecule has 0 amide bonds. The molecule has 1 unspecified atom stereocenters. The van der Waals surface area contributed by atoms with Gasteiger partial charge in [-0.2, -0.15) is 0 Å². The average molecular weight is 158 g/mol. The Morgan fingerprint density at radius 1 is 1.55 bits per heavy atom. The van der Waals surface area contributed by atoms with Crippen molar-refractivity contribution in [3.05, 3.63) is 12.7 Å². The van der Waals surface area contributed by atoms with Gasteiger partial charge in [-0.25, -0.2) is 0 Å². The highest BCUT2D eigenvalue weighted by Crippen LogP contribution is 1.90. The molecular formula is C8H14O3. The maximum atomic E-state index is 9.86. The molecule has 0 aliphatic carbocycles. The van der Waals surface area contributed by atoms with Crippen LogP contribution in [0.2, 0.25) is 0 Å². The summed E-state index contributed by atoms with van der Waals surface area (Å²) in [5, 5.41) is 0. The highest BCUT2D eigenvalue weighted by molar-refractivity contribution is 5.50. The summed E-state index contributed by atoms with van der Waals surface area (Å²) in [7, 11) is 0. The first-order valence-electron chi connectivity index (χ1n) is 3.55. The van der Waals surface area contributed by atoms with Crippen molar-refractivity contribution >= 4 is 6.29 Å². The Labute approximate surface area is 67.0 Å². The lowest BCUT2D eigenvalue weighted by Crippen LogP contribution is -2.17. The number of ether oxygens (including phenoxy) is 2. The van der Waals surface area contributed by atoms with Crippen LogP contribution in [0, 0.1) is 0 Å². The third kappa shape index (κ3) is 7.22. The minimum Gasteiger partial charge on any atom is -0.375 e. The Kier molecular flexibility index (Phi) is 6.98. The summed E-state index contributed by atoms with van der Waals surface area (Å²) in [6.07, 6.45) is 2.37. The lowest BCUT2D eigenvalue weighted by molar-refractivity contribution is -0.114. The van der Waals surface area contributed by atoms with E-state index < -0.39 is 0 Å². The summed E-state index contributed by atoms with van der Waals surface area (Å²) in [5.41, 5.74) is 0. The van der Waals surface area contributed by atoms with E-state index in [9.17, 15) is 4.79 Å². The number of hydrogen-bond donors (Lipinski definition) is 0. The number of hydrogen-bond acceptors (Lipinski definition) is 3. The zero-order chi connectivity index (χ0) is 8.53. The van der Waals surface area contributed by atoms with Gasteiger partial charge in [0.15, 0.2) is 0 Å². The molecule has 11 heavy (non-hydrogen) atoms. The summed E-state index contributed by atoms with van der Waals surface area (Å²) in [5.74, 6) is 0. The van der Waals surface area contributed by atoms with E-state index in [1.165, 1.54) is 0 Å². The molecule has 0 fully saturated rings. The van der Waals surface area contributed by atoms with Crippen LogP contribution in [0.25, 0.3) is 0 Å². The molecule has 3 heteroatoms. The van der Waals surface area contributed by atoms with Crippen molar-refractivity contribution in [3.8, 4) is 0 Å². The van der Waals surface area contributed by atoms with Crippen LogP contribution in [0.1, 0.15) is 6.92 Å². The molecular weight excluding hydrogens is 144 g/mol. The second kappa shape index (κ2) is 7.44. The van der Waals surface area contributed by atoms with E-state index in [4.69, 9.17) is 9.47 Å². The van der Waals surface area contributed by atoms with Gasteiger partial charge in [-0.05, 0) is 6.92 Å². The molecule has 64 valence electrons. The summed E-state index contributed by atoms with van der Waals surface area (Å²) < 4.78 is 10.1. The van der Waals surface area contributed by atoms with Crippen molar-refractivity contribution in [2.45, 2.75) is 13.0 Å². The van der Waals surface area contributed by atoms with Crippen LogP contribution in [0.3, 0.4) is 0 Å². The molecule has 0 saturated carbocycles. The van der Waals surface area contributed by atoms with Crippen molar-refractivity contribution < 1.29 is 14.3 Å². The maximum absolute atomic E-state index is 9.86. The Bertz CT molecular complexity index is 112. The number of aldehydes is 1. The van der Waals surface area contributed by atoms with Gasteiger partial charge in [0.2, 0.25) is 0 Å². The van der Waals surface area contributed by atoms with Gasteiger partial charge in [0.1, 0.15) is 12.9 Å². The first-order valence-corrected chi connectivity index (χ1v) is 3.55. The molecule has 0 N–H and O–H groups in total. The molecule has 0 radical (unpaired) electrons. The van der Waals surface area contributed by atoms with Gasteiger partial charge in [0.05, 0.1) is 19.3 Å². The second-order valence-corrected chi connectivity index (χ2v) is 2.14. The predicted molar refractivity (Wildman–Crippen MR) is 42.5 cm³/mol. The van der Waals surface area contributed by atoms with Gasteiger partial charge in [-0.1, -0.05) is 6.08 Å². The van der Waals surface area contributed by atoms with Crippen LogP contribution in [-0.2, 0) is 14.3 Å². The van der Waals surface area contributed by atoms with Gasteiger partial charge in [-0.15, -0.1) is 6.58 Å². The molecule has 3 nitrogen and oxygen atoms in total. The fraction of sp³-hybridized carbons (Fsp3) is 0.625. The fourth-order valence-corrected chi connectivity index (χ4v) is 0.569. The van der Waals surface area contributed by atoms with Crippen molar-refractivity contribution in [3.63, 3.8) is 0 Å². The zero-order valence-corrected chi connectivity index (χ0v) is 6.79. The summed E-state index contributed by atoms with van der Waals surface area (Å²) >= 11 is 0. The minimum absolute atomic E-state index is 0.0276. The Hall–Kier alpha value is -0.670. The predicted octanol–water partition coefficient (Wildman–Crippen LogP) is 0.793. The van der Waals surface area contributed by atoms with Gasteiger partial charge >= 0.3 is 0 Å². The standard InChI is InChI=1S/C8H14O3/c1-3-5-10-7-8(2)11-6-4-9/h3-4,8H,1,5-7H2,2H3. The van der Waals surface area contributed by atoms with E-state index in [0.717, 1.165) is 6.29 Å². The molecule has 0 heterocycles. The second-order valence-electron chi connectivity index (χ2n) is 2.14. The molecule has 0 rings (SSSR count). The minimum atomic E-state index is -0.0276. The van der Waals surface area contributed by atoms with Gasteiger partial charge < -0.3 is 14.3 Å². The number of carbonyl (C=O) groups excluding carboxylic acids is 1. The number of rotatable bonds is 7. The molecule has 1 atom stereocenters. The third-order valence-electron chi connectivity index (χ3n) is 1.04. The van der Waals surface area contributed by atoms with Crippen LogP contribution in [0.4, 0.5) is 0 Å². The molecule has 0 spiro atoms. The molecule has 0 aromatic carbocycles. The van der Waals surface area contributed by atoms with Crippen molar-refractivity contribution in [1.82, 2.24) is 0 Å². The van der Waals surface area contributed by atoms with Crippen molar-refractivity contribution in [2.75, 3.05) is 19.8 Å². The monoisotopic (exact) mass is 158 g/mol. The smallest absolute Gasteiger partial charge is 0.145 e. The first-order chi connectivity index (χ1) is 5.31. The topological polar surface area (TPSA) is 35.5 Å². The highest BCUT2D eigenvalue weighted by atomic mass is 16.5. The quantitative estimate of drug-likeness (QED) is 0.312. The van der Waals surface area contributed by atoms with E-state index in [1.54, 1.807) is 6.08 Å². The highest BCUT2D eigenvalue weighted by Gasteiger charge is 1.99. The van der Waals surface area contributed by atoms with Crippen LogP contribution >= 0.6 is 0 Å². The molecule has 0 bridgehead atoms. The first kappa shape index (κ1) is 10.3. The zero-order valence-electron chi connectivity index (χ0n) is 6.79. The van der Waals surface area contributed by atoms with Gasteiger partial charge in [-0.3, -0.25) is 0 Å². The van der Waals surface area contributed by atoms with E-state index in [2.05, 4.69) is 6.58 Å². The maximum Gasteiger partial charge on any atom is 0.145 e. The Morgan fingerprint density at radius 2 is 2.27 bits per heavy atom. The van der Waals surface area contributed by atoms with Gasteiger partial charge in [0.25, 0.3) is 0 Å². The van der Waals surface area contributed by atoms with Crippen LogP contribution in [-0.4, -0.2) is 32.2 Å². The SMILES string of the molecule is C=CCOCC(C)OCC=O. The fourth-order valence-electron chi connectivity index (χ4n) is 0.569. The van der Waals surface area contributed by atoms with Crippen molar-refractivity contribution in [2.24, 2.45) is 0 Å².